The average molecular weight is 771 g/mol. The van der Waals surface area contributed by atoms with E-state index >= 15 is 0 Å². The van der Waals surface area contributed by atoms with Gasteiger partial charge in [0, 0.05) is 56.1 Å². The molecule has 3 aromatic carbocycles. The monoisotopic (exact) mass is 770 g/mol. The Morgan fingerprint density at radius 3 is 1.70 bits per heavy atom. The molecule has 294 valence electrons. The minimum atomic E-state index is -0.270. The van der Waals surface area contributed by atoms with Gasteiger partial charge >= 0.3 is 5.97 Å². The first kappa shape index (κ1) is 38.9. The molecule has 0 spiro atoms. The fourth-order valence-electron chi connectivity index (χ4n) is 7.44. The van der Waals surface area contributed by atoms with E-state index in [4.69, 9.17) is 33.7 Å². The van der Waals surface area contributed by atoms with E-state index in [9.17, 15) is 14.4 Å². The summed E-state index contributed by atoms with van der Waals surface area (Å²) >= 11 is 0. The van der Waals surface area contributed by atoms with E-state index in [1.807, 2.05) is 54.3 Å². The summed E-state index contributed by atoms with van der Waals surface area (Å²) in [6.07, 6.45) is 10.7. The van der Waals surface area contributed by atoms with E-state index in [-0.39, 0.29) is 43.1 Å². The summed E-state index contributed by atoms with van der Waals surface area (Å²) in [5, 5.41) is 0. The van der Waals surface area contributed by atoms with Gasteiger partial charge < -0.3 is 33.5 Å². The molecule has 12 nitrogen and oxygen atoms in total. The van der Waals surface area contributed by atoms with Gasteiger partial charge in [0.15, 0.2) is 23.0 Å². The molecule has 4 aliphatic heterocycles. The molecule has 2 atom stereocenters. The number of methoxy groups -OCH3 is 3. The first-order valence-corrected chi connectivity index (χ1v) is 19.1. The second-order valence-corrected chi connectivity index (χ2v) is 14.2. The normalized spacial score (nSPS) is 19.2. The van der Waals surface area contributed by atoms with Crippen LogP contribution < -0.4 is 18.9 Å². The summed E-state index contributed by atoms with van der Waals surface area (Å²) in [5.74, 6) is 7.67. The number of benzene rings is 3. The van der Waals surface area contributed by atoms with E-state index in [0.717, 1.165) is 29.5 Å². The van der Waals surface area contributed by atoms with Gasteiger partial charge in [-0.15, -0.1) is 0 Å². The van der Waals surface area contributed by atoms with E-state index < -0.39 is 0 Å². The summed E-state index contributed by atoms with van der Waals surface area (Å²) in [6, 6.07) is 12.6. The first-order chi connectivity index (χ1) is 27.7. The van der Waals surface area contributed by atoms with Crippen molar-refractivity contribution >= 4 is 41.6 Å². The number of carbonyl (C=O) groups is 3. The van der Waals surface area contributed by atoms with E-state index in [1.54, 1.807) is 38.5 Å². The number of nitrogens with zero attached hydrogens (tertiary/aromatic N) is 4. The van der Waals surface area contributed by atoms with Crippen molar-refractivity contribution in [2.45, 2.75) is 71.2 Å². The van der Waals surface area contributed by atoms with Crippen LogP contribution in [-0.2, 0) is 22.7 Å². The number of esters is 1. The smallest absolute Gasteiger partial charge is 0.305 e. The maximum Gasteiger partial charge on any atom is 0.305 e. The number of hydrogen-bond donors (Lipinski definition) is 0. The van der Waals surface area contributed by atoms with Crippen molar-refractivity contribution in [1.29, 1.82) is 0 Å². The summed E-state index contributed by atoms with van der Waals surface area (Å²) < 4.78 is 28.9. The Hall–Kier alpha value is -6.35. The highest BCUT2D eigenvalue weighted by molar-refractivity contribution is 6.04. The molecule has 0 bridgehead atoms. The molecule has 12 heteroatoms. The quantitative estimate of drug-likeness (QED) is 0.0860. The molecule has 4 heterocycles. The van der Waals surface area contributed by atoms with Crippen molar-refractivity contribution < 1.29 is 38.1 Å². The van der Waals surface area contributed by atoms with Crippen LogP contribution in [0.4, 0.5) is 11.4 Å². The van der Waals surface area contributed by atoms with Gasteiger partial charge in [-0.25, -0.2) is 0 Å². The molecule has 0 saturated carbocycles. The SMILES string of the molecule is C/C=C1\C[C@H]2C=Nc3cc(OCc4cc(C#CCCCC(=O)OC)cc(COc5cc6c(cc5OC)C(=O)N5C/C(=C/C)C[C@H]5C=N6)c4)c(OC)cc3C(=O)N2C1. The van der Waals surface area contributed by atoms with Gasteiger partial charge in [-0.3, -0.25) is 24.4 Å². The molecule has 0 N–H and O–H groups in total. The zero-order valence-electron chi connectivity index (χ0n) is 32.9. The third-order valence-electron chi connectivity index (χ3n) is 10.6. The Morgan fingerprint density at radius 2 is 1.25 bits per heavy atom. The van der Waals surface area contributed by atoms with Gasteiger partial charge in [-0.1, -0.05) is 35.1 Å². The van der Waals surface area contributed by atoms with E-state index in [0.29, 0.717) is 77.9 Å². The van der Waals surface area contributed by atoms with Crippen LogP contribution in [0.5, 0.6) is 23.0 Å². The molecule has 0 radical (unpaired) electrons. The van der Waals surface area contributed by atoms with E-state index in [1.165, 1.54) is 18.3 Å². The Balaban J connectivity index is 1.13. The summed E-state index contributed by atoms with van der Waals surface area (Å²) in [4.78, 5) is 51.9. The number of ether oxygens (including phenoxy) is 5. The topological polar surface area (TPSA) is 129 Å². The number of unbranched alkanes of at least 4 members (excludes halogenated alkanes) is 1. The highest BCUT2D eigenvalue weighted by Crippen LogP contribution is 2.41. The Morgan fingerprint density at radius 1 is 0.737 bits per heavy atom. The lowest BCUT2D eigenvalue weighted by Crippen LogP contribution is -2.35. The summed E-state index contributed by atoms with van der Waals surface area (Å²) in [6.45, 7) is 5.44. The standard InChI is InChI=1S/C45H46N4O8/c1-6-28-16-33-22-46-37-20-41(39(53-3)18-35(37)44(51)48(33)24-28)56-26-31-13-30(11-9-8-10-12-43(50)55-5)14-32(15-31)27-57-42-21-38-36(19-40(42)54-4)45(52)49-25-29(7-2)17-34(49)23-47-38/h6-7,13-15,18-23,33-34H,8,10,12,16-17,24-27H2,1-5H3/b28-6+,29-7+/t33-,34-/m0/s1. The molecule has 0 unspecified atom stereocenters. The predicted molar refractivity (Wildman–Crippen MR) is 217 cm³/mol. The van der Waals surface area contributed by atoms with Gasteiger partial charge in [0.05, 0.1) is 55.9 Å². The Labute approximate surface area is 332 Å². The predicted octanol–water partition coefficient (Wildman–Crippen LogP) is 7.31. The molecule has 2 fully saturated rings. The third-order valence-corrected chi connectivity index (χ3v) is 10.6. The van der Waals surface area contributed by atoms with Crippen molar-refractivity contribution in [3.05, 3.63) is 93.6 Å². The molecule has 2 amide bonds. The van der Waals surface area contributed by atoms with Gasteiger partial charge in [0.1, 0.15) is 13.2 Å². The minimum absolute atomic E-state index is 0.0930. The Bertz CT molecular complexity index is 2140. The van der Waals surface area contributed by atoms with Crippen LogP contribution in [-0.4, -0.2) is 86.5 Å². The van der Waals surface area contributed by atoms with Crippen molar-refractivity contribution in [1.82, 2.24) is 9.80 Å². The second kappa shape index (κ2) is 17.2. The molecular weight excluding hydrogens is 725 g/mol. The van der Waals surface area contributed by atoms with Crippen LogP contribution in [0.3, 0.4) is 0 Å². The number of carbonyl (C=O) groups excluding carboxylic acids is 3. The molecular formula is C45H46N4O8. The maximum atomic E-state index is 13.6. The number of allylic oxidation sites excluding steroid dienone is 2. The lowest BCUT2D eigenvalue weighted by Gasteiger charge is -2.20. The molecule has 0 aliphatic carbocycles. The van der Waals surface area contributed by atoms with Crippen LogP contribution in [0.25, 0.3) is 0 Å². The molecule has 57 heavy (non-hydrogen) atoms. The average Bonchev–Trinajstić information content (AvgIpc) is 3.80. The fourth-order valence-corrected chi connectivity index (χ4v) is 7.44. The van der Waals surface area contributed by atoms with Crippen LogP contribution in [0.15, 0.2) is 75.7 Å². The third kappa shape index (κ3) is 8.43. The summed E-state index contributed by atoms with van der Waals surface area (Å²) in [7, 11) is 4.46. The minimum Gasteiger partial charge on any atom is -0.493 e. The van der Waals surface area contributed by atoms with Crippen molar-refractivity contribution in [2.24, 2.45) is 9.98 Å². The van der Waals surface area contributed by atoms with Crippen molar-refractivity contribution in [2.75, 3.05) is 34.4 Å². The Kier molecular flexibility index (Phi) is 11.7. The second-order valence-electron chi connectivity index (χ2n) is 14.2. The molecule has 2 saturated heterocycles. The van der Waals surface area contributed by atoms with Crippen LogP contribution in [0, 0.1) is 11.8 Å². The van der Waals surface area contributed by atoms with Gasteiger partial charge in [0.25, 0.3) is 11.8 Å². The fraction of sp³-hybridized carbons (Fsp3) is 0.356. The van der Waals surface area contributed by atoms with Crippen LogP contribution in [0.2, 0.25) is 0 Å². The van der Waals surface area contributed by atoms with Crippen LogP contribution in [0.1, 0.15) is 83.4 Å². The highest BCUT2D eigenvalue weighted by atomic mass is 16.5. The zero-order chi connectivity index (χ0) is 40.1. The first-order valence-electron chi connectivity index (χ1n) is 19.1. The van der Waals surface area contributed by atoms with Crippen molar-refractivity contribution in [3.63, 3.8) is 0 Å². The number of hydrogen-bond acceptors (Lipinski definition) is 10. The summed E-state index contributed by atoms with van der Waals surface area (Å²) in [5.41, 5.74) is 6.76. The van der Waals surface area contributed by atoms with Gasteiger partial charge in [-0.05, 0) is 74.6 Å². The highest BCUT2D eigenvalue weighted by Gasteiger charge is 2.36. The molecule has 7 rings (SSSR count). The molecule has 4 aliphatic rings. The maximum absolute atomic E-state index is 13.6. The van der Waals surface area contributed by atoms with Gasteiger partial charge in [-0.2, -0.15) is 0 Å². The number of rotatable bonds is 11. The van der Waals surface area contributed by atoms with Gasteiger partial charge in [0.2, 0.25) is 0 Å². The molecule has 0 aromatic heterocycles. The largest absolute Gasteiger partial charge is 0.493 e. The number of amides is 2. The number of aliphatic imine (C=N–C) groups is 2. The molecule has 3 aromatic rings. The van der Waals surface area contributed by atoms with E-state index in [2.05, 4.69) is 24.0 Å². The lowest BCUT2D eigenvalue weighted by molar-refractivity contribution is -0.140. The lowest BCUT2D eigenvalue weighted by atomic mass is 10.1. The zero-order valence-corrected chi connectivity index (χ0v) is 32.9. The van der Waals surface area contributed by atoms with Crippen molar-refractivity contribution in [3.8, 4) is 34.8 Å². The van der Waals surface area contributed by atoms with Crippen LogP contribution >= 0.6 is 0 Å². The number of fused-ring (bicyclic) bond motifs is 4.